The maximum atomic E-state index is 5.26. The highest BCUT2D eigenvalue weighted by atomic mass is 16.5. The number of rotatable bonds is 5. The third-order valence-corrected chi connectivity index (χ3v) is 2.99. The molecule has 18 heavy (non-hydrogen) atoms. The molecule has 1 aliphatic rings. The maximum Gasteiger partial charge on any atom is 0.119 e. The fourth-order valence-corrected chi connectivity index (χ4v) is 1.99. The van der Waals surface area contributed by atoms with E-state index in [1.165, 1.54) is 5.56 Å². The Balaban J connectivity index is 2.02. The molecular formula is C15H20N2O. The van der Waals surface area contributed by atoms with Crippen molar-refractivity contribution >= 4 is 18.1 Å². The van der Waals surface area contributed by atoms with E-state index in [0.29, 0.717) is 11.8 Å². The molecule has 0 spiro atoms. The molecule has 0 aliphatic carbocycles. The van der Waals surface area contributed by atoms with Crippen LogP contribution in [0.1, 0.15) is 31.7 Å². The van der Waals surface area contributed by atoms with E-state index in [1.54, 1.807) is 7.11 Å². The summed E-state index contributed by atoms with van der Waals surface area (Å²) in [5.41, 5.74) is 2.29. The molecule has 0 N–H and O–H groups in total. The number of aliphatic imine (C=N–C) groups is 2. The number of ether oxygens (including phenoxy) is 1. The van der Waals surface area contributed by atoms with Gasteiger partial charge in [-0.15, -0.1) is 0 Å². The van der Waals surface area contributed by atoms with Gasteiger partial charge in [-0.05, 0) is 42.3 Å². The minimum atomic E-state index is 0.339. The van der Waals surface area contributed by atoms with Crippen molar-refractivity contribution < 1.29 is 4.74 Å². The Morgan fingerprint density at radius 2 is 2.28 bits per heavy atom. The van der Waals surface area contributed by atoms with Crippen LogP contribution in [0.2, 0.25) is 0 Å². The van der Waals surface area contributed by atoms with E-state index < -0.39 is 0 Å². The molecule has 2 rings (SSSR count). The Bertz CT molecular complexity index is 464. The molecule has 0 saturated heterocycles. The van der Waals surface area contributed by atoms with Crippen molar-refractivity contribution in [3.8, 4) is 5.75 Å². The fraction of sp³-hybridized carbons (Fsp3) is 0.467. The second-order valence-electron chi connectivity index (χ2n) is 4.99. The van der Waals surface area contributed by atoms with Crippen LogP contribution in [0, 0.1) is 5.92 Å². The molecule has 0 radical (unpaired) electrons. The molecule has 1 aromatic carbocycles. The second kappa shape index (κ2) is 5.80. The summed E-state index contributed by atoms with van der Waals surface area (Å²) in [5.74, 6) is 1.85. The van der Waals surface area contributed by atoms with Crippen molar-refractivity contribution in [1.29, 1.82) is 0 Å². The molecule has 0 saturated carbocycles. The minimum Gasteiger partial charge on any atom is -0.497 e. The summed E-state index contributed by atoms with van der Waals surface area (Å²) < 4.78 is 5.26. The number of hydrogen-bond acceptors (Lipinski definition) is 3. The first-order chi connectivity index (χ1) is 8.70. The molecule has 1 aliphatic heterocycles. The molecule has 1 aromatic rings. The highest BCUT2D eigenvalue weighted by Crippen LogP contribution is 2.36. The average molecular weight is 244 g/mol. The lowest BCUT2D eigenvalue weighted by atomic mass is 9.98. The van der Waals surface area contributed by atoms with Crippen LogP contribution < -0.4 is 4.74 Å². The summed E-state index contributed by atoms with van der Waals surface area (Å²) in [6.07, 6.45) is 4.94. The SMILES string of the molecule is COc1ccc2c(c1)[C@H](CC=NCC(C)C)C=N2. The van der Waals surface area contributed by atoms with E-state index in [-0.39, 0.29) is 0 Å². The van der Waals surface area contributed by atoms with Gasteiger partial charge in [-0.2, -0.15) is 0 Å². The van der Waals surface area contributed by atoms with Crippen LogP contribution in [0.4, 0.5) is 5.69 Å². The van der Waals surface area contributed by atoms with Gasteiger partial charge in [0.05, 0.1) is 12.8 Å². The summed E-state index contributed by atoms with van der Waals surface area (Å²) in [4.78, 5) is 8.86. The molecule has 96 valence electrons. The maximum absolute atomic E-state index is 5.26. The minimum absolute atomic E-state index is 0.339. The average Bonchev–Trinajstić information content (AvgIpc) is 2.76. The number of hydrogen-bond donors (Lipinski definition) is 0. The van der Waals surface area contributed by atoms with Crippen molar-refractivity contribution in [2.24, 2.45) is 15.9 Å². The van der Waals surface area contributed by atoms with Crippen molar-refractivity contribution in [2.45, 2.75) is 26.2 Å². The highest BCUT2D eigenvalue weighted by molar-refractivity contribution is 5.84. The van der Waals surface area contributed by atoms with Gasteiger partial charge >= 0.3 is 0 Å². The van der Waals surface area contributed by atoms with E-state index in [1.807, 2.05) is 24.6 Å². The van der Waals surface area contributed by atoms with Crippen LogP contribution >= 0.6 is 0 Å². The topological polar surface area (TPSA) is 34.0 Å². The molecule has 3 heteroatoms. The van der Waals surface area contributed by atoms with Gasteiger partial charge < -0.3 is 4.74 Å². The first-order valence-electron chi connectivity index (χ1n) is 6.41. The van der Waals surface area contributed by atoms with Crippen LogP contribution in [0.5, 0.6) is 5.75 Å². The van der Waals surface area contributed by atoms with Crippen LogP contribution in [-0.4, -0.2) is 26.1 Å². The van der Waals surface area contributed by atoms with Crippen LogP contribution in [0.25, 0.3) is 0 Å². The first kappa shape index (κ1) is 12.8. The lowest BCUT2D eigenvalue weighted by Gasteiger charge is -2.08. The Morgan fingerprint density at radius 3 is 3.00 bits per heavy atom. The van der Waals surface area contributed by atoms with Crippen LogP contribution in [0.3, 0.4) is 0 Å². The standard InChI is InChI=1S/C15H20N2O/c1-11(2)9-16-7-6-12-10-17-15-5-4-13(18-3)8-14(12)15/h4-5,7-8,10-12H,6,9H2,1-3H3/t12-/m1/s1. The zero-order valence-electron chi connectivity index (χ0n) is 11.3. The lowest BCUT2D eigenvalue weighted by Crippen LogP contribution is -1.99. The van der Waals surface area contributed by atoms with E-state index >= 15 is 0 Å². The van der Waals surface area contributed by atoms with Crippen molar-refractivity contribution in [3.05, 3.63) is 23.8 Å². The molecule has 1 heterocycles. The first-order valence-corrected chi connectivity index (χ1v) is 6.41. The number of fused-ring (bicyclic) bond motifs is 1. The van der Waals surface area contributed by atoms with Crippen molar-refractivity contribution in [3.63, 3.8) is 0 Å². The Labute approximate surface area is 109 Å². The largest absolute Gasteiger partial charge is 0.497 e. The zero-order valence-corrected chi connectivity index (χ0v) is 11.3. The summed E-state index contributed by atoms with van der Waals surface area (Å²) in [6, 6.07) is 6.03. The van der Waals surface area contributed by atoms with Crippen LogP contribution in [-0.2, 0) is 0 Å². The number of benzene rings is 1. The van der Waals surface area contributed by atoms with Gasteiger partial charge in [-0.25, -0.2) is 0 Å². The quantitative estimate of drug-likeness (QED) is 0.728. The molecular weight excluding hydrogens is 224 g/mol. The van der Waals surface area contributed by atoms with Gasteiger partial charge in [0, 0.05) is 18.7 Å². The summed E-state index contributed by atoms with van der Waals surface area (Å²) in [5, 5.41) is 0. The molecule has 0 bridgehead atoms. The third kappa shape index (κ3) is 2.97. The predicted molar refractivity (Wildman–Crippen MR) is 76.7 cm³/mol. The second-order valence-corrected chi connectivity index (χ2v) is 4.99. The Kier molecular flexibility index (Phi) is 4.13. The molecule has 0 amide bonds. The van der Waals surface area contributed by atoms with Crippen molar-refractivity contribution in [1.82, 2.24) is 0 Å². The van der Waals surface area contributed by atoms with Gasteiger partial charge in [0.1, 0.15) is 5.75 Å². The predicted octanol–water partition coefficient (Wildman–Crippen LogP) is 3.61. The van der Waals surface area contributed by atoms with E-state index in [4.69, 9.17) is 4.74 Å². The highest BCUT2D eigenvalue weighted by Gasteiger charge is 2.18. The van der Waals surface area contributed by atoms with E-state index in [0.717, 1.165) is 24.4 Å². The monoisotopic (exact) mass is 244 g/mol. The van der Waals surface area contributed by atoms with Gasteiger partial charge in [0.25, 0.3) is 0 Å². The third-order valence-electron chi connectivity index (χ3n) is 2.99. The van der Waals surface area contributed by atoms with E-state index in [2.05, 4.69) is 29.9 Å². The number of methoxy groups -OCH3 is 1. The normalized spacial score (nSPS) is 17.7. The molecule has 3 nitrogen and oxygen atoms in total. The zero-order chi connectivity index (χ0) is 13.0. The Hall–Kier alpha value is -1.64. The molecule has 1 atom stereocenters. The van der Waals surface area contributed by atoms with Gasteiger partial charge in [0.2, 0.25) is 0 Å². The molecule has 0 aromatic heterocycles. The smallest absolute Gasteiger partial charge is 0.119 e. The van der Waals surface area contributed by atoms with Crippen molar-refractivity contribution in [2.75, 3.05) is 13.7 Å². The Morgan fingerprint density at radius 1 is 1.44 bits per heavy atom. The molecule has 0 unspecified atom stereocenters. The summed E-state index contributed by atoms with van der Waals surface area (Å²) in [7, 11) is 1.69. The summed E-state index contributed by atoms with van der Waals surface area (Å²) >= 11 is 0. The lowest BCUT2D eigenvalue weighted by molar-refractivity contribution is 0.414. The number of nitrogens with zero attached hydrogens (tertiary/aromatic N) is 2. The summed E-state index contributed by atoms with van der Waals surface area (Å²) in [6.45, 7) is 5.25. The van der Waals surface area contributed by atoms with Gasteiger partial charge in [-0.1, -0.05) is 13.8 Å². The van der Waals surface area contributed by atoms with Crippen LogP contribution in [0.15, 0.2) is 28.2 Å². The van der Waals surface area contributed by atoms with E-state index in [9.17, 15) is 0 Å². The van der Waals surface area contributed by atoms with Gasteiger partial charge in [0.15, 0.2) is 0 Å². The molecule has 0 fully saturated rings. The fourth-order valence-electron chi connectivity index (χ4n) is 1.99. The van der Waals surface area contributed by atoms with Gasteiger partial charge in [-0.3, -0.25) is 9.98 Å².